The summed E-state index contributed by atoms with van der Waals surface area (Å²) in [5, 5.41) is 0. The van der Waals surface area contributed by atoms with Gasteiger partial charge in [-0.25, -0.2) is 4.57 Å². The van der Waals surface area contributed by atoms with Gasteiger partial charge in [-0.15, -0.1) is 0 Å². The highest BCUT2D eigenvalue weighted by molar-refractivity contribution is 7.50. The number of rotatable bonds is 17. The highest BCUT2D eigenvalue weighted by Crippen LogP contribution is 2.60. The molecule has 3 atom stereocenters. The average Bonchev–Trinajstić information content (AvgIpc) is 3.29. The molecule has 3 unspecified atom stereocenters. The first-order valence-electron chi connectivity index (χ1n) is 10.8. The van der Waals surface area contributed by atoms with Gasteiger partial charge in [-0.1, -0.05) is 91.4 Å². The van der Waals surface area contributed by atoms with Crippen LogP contribution in [0.15, 0.2) is 0 Å². The van der Waals surface area contributed by atoms with E-state index in [4.69, 9.17) is 4.52 Å². The lowest BCUT2D eigenvalue weighted by atomic mass is 10.1. The molecule has 1 heterocycles. The summed E-state index contributed by atoms with van der Waals surface area (Å²) in [5.74, 6) is 0. The monoisotopic (exact) mass is 375 g/mol. The molecule has 0 bridgehead atoms. The maximum atomic E-state index is 12.7. The fraction of sp³-hybridized carbons (Fsp3) is 1.00. The van der Waals surface area contributed by atoms with E-state index in [9.17, 15) is 9.46 Å². The largest absolute Gasteiger partial charge is 0.406 e. The van der Waals surface area contributed by atoms with Crippen molar-refractivity contribution in [1.82, 2.24) is 4.67 Å². The van der Waals surface area contributed by atoms with Crippen LogP contribution in [0, 0.1) is 0 Å². The van der Waals surface area contributed by atoms with Crippen molar-refractivity contribution in [3.05, 3.63) is 0 Å². The van der Waals surface area contributed by atoms with Crippen LogP contribution in [0.3, 0.4) is 0 Å². The van der Waals surface area contributed by atoms with E-state index in [2.05, 4.69) is 20.8 Å². The van der Waals surface area contributed by atoms with E-state index in [1.54, 1.807) is 0 Å². The van der Waals surface area contributed by atoms with E-state index < -0.39 is 7.75 Å². The SMILES string of the molecule is CCCCCCOP(=O)(O)N1C(CCCCCC)C1CCCCCC. The molecule has 5 heteroatoms. The van der Waals surface area contributed by atoms with Crippen molar-refractivity contribution in [3.8, 4) is 0 Å². The first kappa shape index (κ1) is 23.1. The van der Waals surface area contributed by atoms with Gasteiger partial charge >= 0.3 is 7.75 Å². The molecule has 0 saturated carbocycles. The molecule has 0 aromatic heterocycles. The molecule has 1 aliphatic rings. The van der Waals surface area contributed by atoms with Gasteiger partial charge in [-0.05, 0) is 19.3 Å². The van der Waals surface area contributed by atoms with Gasteiger partial charge in [0.25, 0.3) is 0 Å². The predicted octanol–water partition coefficient (Wildman–Crippen LogP) is 6.68. The molecule has 0 aromatic carbocycles. The standard InChI is InChI=1S/C20H42NO3P/c1-4-7-10-13-16-19-20(17-14-11-8-5-2)21(19)25(22,23)24-18-15-12-9-6-3/h19-20H,4-18H2,1-3H3,(H,22,23). The second-order valence-corrected chi connectivity index (χ2v) is 9.30. The van der Waals surface area contributed by atoms with Crippen molar-refractivity contribution in [2.75, 3.05) is 6.61 Å². The van der Waals surface area contributed by atoms with E-state index in [0.717, 1.165) is 38.5 Å². The van der Waals surface area contributed by atoms with E-state index in [0.29, 0.717) is 6.61 Å². The van der Waals surface area contributed by atoms with Gasteiger partial charge in [0.15, 0.2) is 0 Å². The highest BCUT2D eigenvalue weighted by Gasteiger charge is 2.56. The normalized spacial score (nSPS) is 25.0. The van der Waals surface area contributed by atoms with Crippen LogP contribution in [0.25, 0.3) is 0 Å². The molecule has 0 aliphatic carbocycles. The molecule has 0 radical (unpaired) electrons. The lowest BCUT2D eigenvalue weighted by Crippen LogP contribution is -2.05. The van der Waals surface area contributed by atoms with Crippen LogP contribution in [-0.4, -0.2) is 28.3 Å². The molecule has 0 aromatic rings. The lowest BCUT2D eigenvalue weighted by molar-refractivity contribution is 0.224. The van der Waals surface area contributed by atoms with Crippen LogP contribution in [0.4, 0.5) is 0 Å². The van der Waals surface area contributed by atoms with Crippen molar-refractivity contribution in [2.45, 2.75) is 123 Å². The summed E-state index contributed by atoms with van der Waals surface area (Å²) in [5.41, 5.74) is 0. The average molecular weight is 376 g/mol. The Morgan fingerprint density at radius 1 is 0.760 bits per heavy atom. The van der Waals surface area contributed by atoms with Crippen molar-refractivity contribution in [3.63, 3.8) is 0 Å². The van der Waals surface area contributed by atoms with Gasteiger partial charge in [0.1, 0.15) is 0 Å². The predicted molar refractivity (Wildman–Crippen MR) is 107 cm³/mol. The minimum absolute atomic E-state index is 0.268. The Labute approximate surface area is 156 Å². The fourth-order valence-electron chi connectivity index (χ4n) is 3.68. The van der Waals surface area contributed by atoms with Gasteiger partial charge in [0.2, 0.25) is 0 Å². The molecular weight excluding hydrogens is 333 g/mol. The van der Waals surface area contributed by atoms with Crippen LogP contribution >= 0.6 is 7.75 Å². The molecular formula is C20H42NO3P. The number of unbranched alkanes of at least 4 members (excludes halogenated alkanes) is 9. The third-order valence-electron chi connectivity index (χ3n) is 5.29. The summed E-state index contributed by atoms with van der Waals surface area (Å²) in [6.07, 6.45) is 16.2. The molecule has 4 nitrogen and oxygen atoms in total. The van der Waals surface area contributed by atoms with Crippen LogP contribution < -0.4 is 0 Å². The van der Waals surface area contributed by atoms with Crippen molar-refractivity contribution < 1.29 is 14.0 Å². The minimum Gasteiger partial charge on any atom is -0.312 e. The van der Waals surface area contributed by atoms with Crippen LogP contribution in [0.2, 0.25) is 0 Å². The Kier molecular flexibility index (Phi) is 12.3. The molecule has 150 valence electrons. The van der Waals surface area contributed by atoms with E-state index in [1.807, 2.05) is 4.67 Å². The van der Waals surface area contributed by atoms with Crippen LogP contribution in [0.1, 0.15) is 111 Å². The van der Waals surface area contributed by atoms with E-state index >= 15 is 0 Å². The zero-order chi connectivity index (χ0) is 18.5. The highest BCUT2D eigenvalue weighted by atomic mass is 31.2. The number of hydrogen-bond donors (Lipinski definition) is 1. The first-order valence-corrected chi connectivity index (χ1v) is 12.4. The molecule has 1 rings (SSSR count). The van der Waals surface area contributed by atoms with Gasteiger partial charge in [0.05, 0.1) is 6.61 Å². The maximum absolute atomic E-state index is 12.7. The maximum Gasteiger partial charge on any atom is 0.406 e. The first-order chi connectivity index (χ1) is 12.1. The van der Waals surface area contributed by atoms with E-state index in [-0.39, 0.29) is 12.1 Å². The van der Waals surface area contributed by atoms with Crippen molar-refractivity contribution >= 4 is 7.75 Å². The van der Waals surface area contributed by atoms with E-state index in [1.165, 1.54) is 51.4 Å². The molecule has 0 amide bonds. The smallest absolute Gasteiger partial charge is 0.312 e. The Morgan fingerprint density at radius 3 is 1.64 bits per heavy atom. The second kappa shape index (κ2) is 13.3. The quantitative estimate of drug-likeness (QED) is 0.175. The lowest BCUT2D eigenvalue weighted by Gasteiger charge is -2.14. The third kappa shape index (κ3) is 9.04. The summed E-state index contributed by atoms with van der Waals surface area (Å²) < 4.78 is 19.9. The fourth-order valence-corrected chi connectivity index (χ4v) is 5.41. The zero-order valence-corrected chi connectivity index (χ0v) is 17.8. The Morgan fingerprint density at radius 2 is 1.20 bits per heavy atom. The van der Waals surface area contributed by atoms with Gasteiger partial charge in [-0.3, -0.25) is 4.52 Å². The summed E-state index contributed by atoms with van der Waals surface area (Å²) >= 11 is 0. The Bertz CT molecular complexity index is 360. The van der Waals surface area contributed by atoms with Crippen LogP contribution in [0.5, 0.6) is 0 Å². The number of hydrogen-bond acceptors (Lipinski definition) is 2. The molecule has 1 aliphatic heterocycles. The van der Waals surface area contributed by atoms with Crippen molar-refractivity contribution in [1.29, 1.82) is 0 Å². The third-order valence-corrected chi connectivity index (χ3v) is 6.99. The molecule has 1 fully saturated rings. The molecule has 1 N–H and O–H groups in total. The Hall–Kier alpha value is 0.110. The topological polar surface area (TPSA) is 49.5 Å². The minimum atomic E-state index is -3.59. The van der Waals surface area contributed by atoms with Gasteiger partial charge in [-0.2, -0.15) is 4.67 Å². The molecule has 1 saturated heterocycles. The zero-order valence-electron chi connectivity index (χ0n) is 16.9. The summed E-state index contributed by atoms with van der Waals surface area (Å²) in [4.78, 5) is 10.4. The second-order valence-electron chi connectivity index (χ2n) is 7.60. The summed E-state index contributed by atoms with van der Waals surface area (Å²) in [6, 6.07) is 0.537. The molecule has 0 spiro atoms. The Balaban J connectivity index is 2.41. The van der Waals surface area contributed by atoms with Crippen molar-refractivity contribution in [2.24, 2.45) is 0 Å². The van der Waals surface area contributed by atoms with Gasteiger partial charge < -0.3 is 4.89 Å². The molecule has 25 heavy (non-hydrogen) atoms. The summed E-state index contributed by atoms with van der Waals surface area (Å²) in [6.45, 7) is 7.01. The van der Waals surface area contributed by atoms with Crippen LogP contribution in [-0.2, 0) is 9.09 Å². The summed E-state index contributed by atoms with van der Waals surface area (Å²) in [7, 11) is -3.59. The van der Waals surface area contributed by atoms with Gasteiger partial charge in [0, 0.05) is 12.1 Å². The number of nitrogens with zero attached hydrogens (tertiary/aromatic N) is 1.